The van der Waals surface area contributed by atoms with Crippen molar-refractivity contribution in [2.75, 3.05) is 11.9 Å². The number of nitrogens with zero attached hydrogens (tertiary/aromatic N) is 1. The van der Waals surface area contributed by atoms with Crippen LogP contribution in [0.4, 0.5) is 5.69 Å². The Kier molecular flexibility index (Phi) is 4.60. The zero-order valence-electron chi connectivity index (χ0n) is 10.9. The van der Waals surface area contributed by atoms with Gasteiger partial charge in [0.25, 0.3) is 0 Å². The first-order valence-electron chi connectivity index (χ1n) is 6.70. The maximum atomic E-state index is 9.07. The number of anilines is 1. The van der Waals surface area contributed by atoms with Crippen LogP contribution in [0.1, 0.15) is 38.2 Å². The van der Waals surface area contributed by atoms with Crippen molar-refractivity contribution >= 4 is 5.69 Å². The van der Waals surface area contributed by atoms with Crippen molar-refractivity contribution in [3.05, 3.63) is 29.8 Å². The fourth-order valence-corrected chi connectivity index (χ4v) is 2.46. The number of hydrogen-bond donors (Lipinski definition) is 1. The van der Waals surface area contributed by atoms with Crippen LogP contribution < -0.4 is 5.32 Å². The molecule has 1 N–H and O–H groups in total. The van der Waals surface area contributed by atoms with Crippen molar-refractivity contribution in [2.45, 2.75) is 44.8 Å². The standard InChI is InChI=1S/C15H20N2O/c1-2-5-14-10-13(8-9-18-14)17-15-7-4-3-6-12(15)11-16/h3-4,6-7,13-14,17H,2,5,8-10H2,1H3. The predicted octanol–water partition coefficient (Wildman–Crippen LogP) is 3.32. The van der Waals surface area contributed by atoms with Crippen molar-refractivity contribution in [1.82, 2.24) is 0 Å². The zero-order valence-corrected chi connectivity index (χ0v) is 10.9. The summed E-state index contributed by atoms with van der Waals surface area (Å²) in [6.45, 7) is 3.00. The highest BCUT2D eigenvalue weighted by molar-refractivity contribution is 5.57. The minimum absolute atomic E-state index is 0.371. The van der Waals surface area contributed by atoms with Gasteiger partial charge in [-0.1, -0.05) is 25.5 Å². The summed E-state index contributed by atoms with van der Waals surface area (Å²) in [7, 11) is 0. The van der Waals surface area contributed by atoms with Crippen LogP contribution in [0, 0.1) is 11.3 Å². The third kappa shape index (κ3) is 3.24. The number of nitrogens with one attached hydrogen (secondary N) is 1. The molecule has 96 valence electrons. The van der Waals surface area contributed by atoms with E-state index in [1.54, 1.807) is 0 Å². The molecule has 1 fully saturated rings. The molecule has 2 atom stereocenters. The fraction of sp³-hybridized carbons (Fsp3) is 0.533. The Bertz CT molecular complexity index is 423. The summed E-state index contributed by atoms with van der Waals surface area (Å²) in [6, 6.07) is 10.3. The lowest BCUT2D eigenvalue weighted by atomic mass is 9.99. The zero-order chi connectivity index (χ0) is 12.8. The maximum absolute atomic E-state index is 9.07. The molecular weight excluding hydrogens is 224 g/mol. The van der Waals surface area contributed by atoms with Crippen LogP contribution in [0.3, 0.4) is 0 Å². The molecule has 1 aromatic carbocycles. The molecule has 3 nitrogen and oxygen atoms in total. The molecule has 1 aliphatic heterocycles. The monoisotopic (exact) mass is 244 g/mol. The molecule has 0 spiro atoms. The van der Waals surface area contributed by atoms with Crippen LogP contribution in [0.5, 0.6) is 0 Å². The number of benzene rings is 1. The Morgan fingerprint density at radius 1 is 1.44 bits per heavy atom. The second-order valence-corrected chi connectivity index (χ2v) is 4.80. The Labute approximate surface area is 109 Å². The summed E-state index contributed by atoms with van der Waals surface area (Å²) in [5.41, 5.74) is 1.66. The van der Waals surface area contributed by atoms with Crippen molar-refractivity contribution in [1.29, 1.82) is 5.26 Å². The molecule has 0 bridgehead atoms. The molecule has 2 rings (SSSR count). The third-order valence-corrected chi connectivity index (χ3v) is 3.39. The van der Waals surface area contributed by atoms with E-state index in [9.17, 15) is 0 Å². The van der Waals surface area contributed by atoms with E-state index in [-0.39, 0.29) is 0 Å². The molecule has 2 unspecified atom stereocenters. The first-order valence-corrected chi connectivity index (χ1v) is 6.70. The highest BCUT2D eigenvalue weighted by atomic mass is 16.5. The number of para-hydroxylation sites is 1. The fourth-order valence-electron chi connectivity index (χ4n) is 2.46. The normalized spacial score (nSPS) is 23.3. The van der Waals surface area contributed by atoms with E-state index < -0.39 is 0 Å². The van der Waals surface area contributed by atoms with E-state index in [1.807, 2.05) is 24.3 Å². The molecule has 18 heavy (non-hydrogen) atoms. The van der Waals surface area contributed by atoms with Crippen molar-refractivity contribution in [2.24, 2.45) is 0 Å². The molecule has 0 aliphatic carbocycles. The number of hydrogen-bond acceptors (Lipinski definition) is 3. The van der Waals surface area contributed by atoms with Crippen molar-refractivity contribution < 1.29 is 4.74 Å². The topological polar surface area (TPSA) is 45.0 Å². The second kappa shape index (κ2) is 6.42. The molecule has 1 aromatic rings. The van der Waals surface area contributed by atoms with Crippen LogP contribution in [-0.4, -0.2) is 18.8 Å². The quantitative estimate of drug-likeness (QED) is 0.883. The van der Waals surface area contributed by atoms with E-state index in [1.165, 1.54) is 0 Å². The Morgan fingerprint density at radius 2 is 2.28 bits per heavy atom. The largest absolute Gasteiger partial charge is 0.381 e. The van der Waals surface area contributed by atoms with Gasteiger partial charge in [0.05, 0.1) is 17.4 Å². The molecule has 0 amide bonds. The molecule has 0 saturated carbocycles. The van der Waals surface area contributed by atoms with Crippen LogP contribution in [0.2, 0.25) is 0 Å². The average Bonchev–Trinajstić information content (AvgIpc) is 2.40. The van der Waals surface area contributed by atoms with Crippen LogP contribution >= 0.6 is 0 Å². The molecule has 1 saturated heterocycles. The van der Waals surface area contributed by atoms with Gasteiger partial charge in [-0.05, 0) is 31.4 Å². The molecular formula is C15H20N2O. The van der Waals surface area contributed by atoms with Gasteiger partial charge in [-0.2, -0.15) is 5.26 Å². The van der Waals surface area contributed by atoms with Crippen molar-refractivity contribution in [3.63, 3.8) is 0 Å². The molecule has 3 heteroatoms. The molecule has 0 radical (unpaired) electrons. The maximum Gasteiger partial charge on any atom is 0.101 e. The summed E-state index contributed by atoms with van der Waals surface area (Å²) in [5, 5.41) is 12.6. The third-order valence-electron chi connectivity index (χ3n) is 3.39. The minimum atomic E-state index is 0.371. The first kappa shape index (κ1) is 12.9. The lowest BCUT2D eigenvalue weighted by Gasteiger charge is -2.30. The second-order valence-electron chi connectivity index (χ2n) is 4.80. The van der Waals surface area contributed by atoms with Crippen LogP contribution in [0.15, 0.2) is 24.3 Å². The lowest BCUT2D eigenvalue weighted by Crippen LogP contribution is -2.34. The number of rotatable bonds is 4. The van der Waals surface area contributed by atoms with Gasteiger partial charge in [0.1, 0.15) is 6.07 Å². The van der Waals surface area contributed by atoms with Gasteiger partial charge in [0.2, 0.25) is 0 Å². The summed E-state index contributed by atoms with van der Waals surface area (Å²) in [4.78, 5) is 0. The highest BCUT2D eigenvalue weighted by Crippen LogP contribution is 2.23. The average molecular weight is 244 g/mol. The molecule has 1 heterocycles. The molecule has 1 aliphatic rings. The smallest absolute Gasteiger partial charge is 0.101 e. The van der Waals surface area contributed by atoms with Crippen LogP contribution in [0.25, 0.3) is 0 Å². The van der Waals surface area contributed by atoms with Gasteiger partial charge in [-0.15, -0.1) is 0 Å². The van der Waals surface area contributed by atoms with Crippen molar-refractivity contribution in [3.8, 4) is 6.07 Å². The number of ether oxygens (including phenoxy) is 1. The van der Waals surface area contributed by atoms with Gasteiger partial charge in [-0.3, -0.25) is 0 Å². The van der Waals surface area contributed by atoms with Gasteiger partial charge in [0, 0.05) is 12.6 Å². The Morgan fingerprint density at radius 3 is 3.06 bits per heavy atom. The highest BCUT2D eigenvalue weighted by Gasteiger charge is 2.22. The van der Waals surface area contributed by atoms with E-state index >= 15 is 0 Å². The van der Waals surface area contributed by atoms with Gasteiger partial charge < -0.3 is 10.1 Å². The summed E-state index contributed by atoms with van der Waals surface area (Å²) < 4.78 is 5.74. The van der Waals surface area contributed by atoms with Gasteiger partial charge in [0.15, 0.2) is 0 Å². The number of nitriles is 1. The lowest BCUT2D eigenvalue weighted by molar-refractivity contribution is 0.00597. The van der Waals surface area contributed by atoms with E-state index in [4.69, 9.17) is 10.00 Å². The Hall–Kier alpha value is -1.53. The summed E-state index contributed by atoms with van der Waals surface area (Å²) in [6.07, 6.45) is 4.70. The SMILES string of the molecule is CCCC1CC(Nc2ccccc2C#N)CCO1. The van der Waals surface area contributed by atoms with Crippen LogP contribution in [-0.2, 0) is 4.74 Å². The predicted molar refractivity (Wildman–Crippen MR) is 72.4 cm³/mol. The molecule has 0 aromatic heterocycles. The van der Waals surface area contributed by atoms with E-state index in [0.29, 0.717) is 12.1 Å². The summed E-state index contributed by atoms with van der Waals surface area (Å²) >= 11 is 0. The first-order chi connectivity index (χ1) is 8.83. The summed E-state index contributed by atoms with van der Waals surface area (Å²) in [5.74, 6) is 0. The van der Waals surface area contributed by atoms with E-state index in [0.717, 1.165) is 43.5 Å². The van der Waals surface area contributed by atoms with Gasteiger partial charge >= 0.3 is 0 Å². The Balaban J connectivity index is 1.98. The minimum Gasteiger partial charge on any atom is -0.381 e. The van der Waals surface area contributed by atoms with Gasteiger partial charge in [-0.25, -0.2) is 0 Å². The van der Waals surface area contributed by atoms with E-state index in [2.05, 4.69) is 18.3 Å².